The number of nitrogens with two attached hydrogens (primary N) is 2. The van der Waals surface area contributed by atoms with Crippen LogP contribution in [0.25, 0.3) is 0 Å². The van der Waals surface area contributed by atoms with E-state index in [9.17, 15) is 5.11 Å². The summed E-state index contributed by atoms with van der Waals surface area (Å²) in [6.45, 7) is 0. The van der Waals surface area contributed by atoms with Crippen LogP contribution >= 0.6 is 0 Å². The molecule has 2 rings (SSSR count). The van der Waals surface area contributed by atoms with Crippen LogP contribution < -0.4 is 11.5 Å². The maximum atomic E-state index is 9.95. The van der Waals surface area contributed by atoms with E-state index in [0.29, 0.717) is 5.95 Å². The molecule has 1 saturated carbocycles. The van der Waals surface area contributed by atoms with Gasteiger partial charge < -0.3 is 16.6 Å². The second-order valence-electron chi connectivity index (χ2n) is 4.05. The number of nitrogens with zero attached hydrogens (tertiary/aromatic N) is 3. The molecule has 1 aromatic heterocycles. The molecule has 1 aliphatic carbocycles. The lowest BCUT2D eigenvalue weighted by atomic mass is 10.1. The molecule has 0 radical (unpaired) electrons. The smallest absolute Gasteiger partial charge is 0.241 e. The molecule has 0 bridgehead atoms. The molecular weight excluding hydrogens is 194 g/mol. The number of nitrogen functional groups attached to an aromatic ring is 2. The summed E-state index contributed by atoms with van der Waals surface area (Å²) in [7, 11) is 0. The maximum Gasteiger partial charge on any atom is 0.241 e. The fourth-order valence-corrected chi connectivity index (χ4v) is 2.15. The van der Waals surface area contributed by atoms with Crippen molar-refractivity contribution in [1.82, 2.24) is 14.8 Å². The predicted octanol–water partition coefficient (Wildman–Crippen LogP) is 0.309. The molecule has 1 aromatic rings. The van der Waals surface area contributed by atoms with Crippen LogP contribution in [-0.4, -0.2) is 26.0 Å². The van der Waals surface area contributed by atoms with Crippen LogP contribution in [0.15, 0.2) is 0 Å². The minimum absolute atomic E-state index is 0.0719. The average molecular weight is 211 g/mol. The quantitative estimate of drug-likeness (QED) is 0.580. The Hall–Kier alpha value is -1.30. The van der Waals surface area contributed by atoms with Gasteiger partial charge in [-0.25, -0.2) is 4.68 Å². The summed E-state index contributed by atoms with van der Waals surface area (Å²) in [4.78, 5) is 3.85. The fourth-order valence-electron chi connectivity index (χ4n) is 2.15. The maximum absolute atomic E-state index is 9.95. The van der Waals surface area contributed by atoms with Crippen LogP contribution in [0.4, 0.5) is 11.9 Å². The van der Waals surface area contributed by atoms with Crippen molar-refractivity contribution in [3.63, 3.8) is 0 Å². The van der Waals surface area contributed by atoms with Crippen LogP contribution in [0.1, 0.15) is 38.1 Å². The number of aliphatic hydroxyl groups is 1. The van der Waals surface area contributed by atoms with Gasteiger partial charge in [-0.05, 0) is 12.8 Å². The predicted molar refractivity (Wildman–Crippen MR) is 57.0 cm³/mol. The van der Waals surface area contributed by atoms with Gasteiger partial charge in [0, 0.05) is 0 Å². The molecule has 6 nitrogen and oxygen atoms in total. The van der Waals surface area contributed by atoms with E-state index in [4.69, 9.17) is 11.5 Å². The zero-order chi connectivity index (χ0) is 10.8. The summed E-state index contributed by atoms with van der Waals surface area (Å²) in [6.07, 6.45) is 4.58. The molecule has 0 aromatic carbocycles. The third kappa shape index (κ3) is 2.04. The highest BCUT2D eigenvalue weighted by Crippen LogP contribution is 2.28. The van der Waals surface area contributed by atoms with Crippen molar-refractivity contribution in [2.24, 2.45) is 0 Å². The zero-order valence-electron chi connectivity index (χ0n) is 8.63. The Balaban J connectivity index is 2.23. The molecule has 2 unspecified atom stereocenters. The molecule has 15 heavy (non-hydrogen) atoms. The topological polar surface area (TPSA) is 103 Å². The molecule has 6 heteroatoms. The lowest BCUT2D eigenvalue weighted by Crippen LogP contribution is -2.25. The van der Waals surface area contributed by atoms with Gasteiger partial charge in [0.2, 0.25) is 11.9 Å². The standard InChI is InChI=1S/C9H17N5O/c10-8-12-9(11)14(13-8)6-4-2-1-3-5-7(6)15/h6-7,15H,1-5H2,(H4,10,11,12,13). The van der Waals surface area contributed by atoms with Gasteiger partial charge in [0.25, 0.3) is 0 Å². The van der Waals surface area contributed by atoms with Gasteiger partial charge in [-0.2, -0.15) is 4.98 Å². The summed E-state index contributed by atoms with van der Waals surface area (Å²) in [5.74, 6) is 0.461. The third-order valence-electron chi connectivity index (χ3n) is 2.93. The second-order valence-corrected chi connectivity index (χ2v) is 4.05. The summed E-state index contributed by atoms with van der Waals surface area (Å²) in [6, 6.07) is -0.0719. The van der Waals surface area contributed by atoms with Crippen molar-refractivity contribution in [2.75, 3.05) is 11.5 Å². The number of hydrogen-bond donors (Lipinski definition) is 3. The summed E-state index contributed by atoms with van der Waals surface area (Å²) >= 11 is 0. The van der Waals surface area contributed by atoms with Crippen molar-refractivity contribution < 1.29 is 5.11 Å². The Morgan fingerprint density at radius 1 is 1.20 bits per heavy atom. The Kier molecular flexibility index (Phi) is 2.77. The number of rotatable bonds is 1. The van der Waals surface area contributed by atoms with Crippen LogP contribution in [0.2, 0.25) is 0 Å². The Bertz CT molecular complexity index is 337. The Labute approximate surface area is 88.3 Å². The van der Waals surface area contributed by atoms with E-state index in [1.54, 1.807) is 4.68 Å². The van der Waals surface area contributed by atoms with Gasteiger partial charge in [0.1, 0.15) is 0 Å². The molecule has 5 N–H and O–H groups in total. The normalized spacial score (nSPS) is 27.5. The molecule has 1 heterocycles. The van der Waals surface area contributed by atoms with E-state index in [-0.39, 0.29) is 12.0 Å². The van der Waals surface area contributed by atoms with Gasteiger partial charge >= 0.3 is 0 Å². The molecule has 1 aliphatic rings. The lowest BCUT2D eigenvalue weighted by Gasteiger charge is -2.20. The number of hydrogen-bond acceptors (Lipinski definition) is 5. The highest BCUT2D eigenvalue weighted by Gasteiger charge is 2.25. The molecule has 1 fully saturated rings. The van der Waals surface area contributed by atoms with Crippen LogP contribution in [0, 0.1) is 0 Å². The van der Waals surface area contributed by atoms with E-state index in [2.05, 4.69) is 10.1 Å². The average Bonchev–Trinajstić information content (AvgIpc) is 2.39. The van der Waals surface area contributed by atoms with Crippen molar-refractivity contribution in [2.45, 2.75) is 44.2 Å². The van der Waals surface area contributed by atoms with Gasteiger partial charge in [0.05, 0.1) is 12.1 Å². The largest absolute Gasteiger partial charge is 0.391 e. The van der Waals surface area contributed by atoms with Crippen LogP contribution in [0.5, 0.6) is 0 Å². The summed E-state index contributed by atoms with van der Waals surface area (Å²) in [5, 5.41) is 14.0. The van der Waals surface area contributed by atoms with E-state index in [0.717, 1.165) is 32.1 Å². The SMILES string of the molecule is Nc1nc(N)n(C2CCCCCC2O)n1. The lowest BCUT2D eigenvalue weighted by molar-refractivity contribution is 0.100. The molecule has 0 aliphatic heterocycles. The Morgan fingerprint density at radius 3 is 2.60 bits per heavy atom. The zero-order valence-corrected chi connectivity index (χ0v) is 8.63. The molecular formula is C9H17N5O. The van der Waals surface area contributed by atoms with E-state index < -0.39 is 6.10 Å². The van der Waals surface area contributed by atoms with Crippen molar-refractivity contribution in [3.05, 3.63) is 0 Å². The first kappa shape index (κ1) is 10.2. The van der Waals surface area contributed by atoms with E-state index >= 15 is 0 Å². The second kappa shape index (κ2) is 4.06. The summed E-state index contributed by atoms with van der Waals surface area (Å²) in [5.41, 5.74) is 11.1. The highest BCUT2D eigenvalue weighted by atomic mass is 16.3. The van der Waals surface area contributed by atoms with Crippen molar-refractivity contribution >= 4 is 11.9 Å². The molecule has 0 saturated heterocycles. The molecule has 84 valence electrons. The van der Waals surface area contributed by atoms with Gasteiger partial charge in [-0.3, -0.25) is 0 Å². The minimum Gasteiger partial charge on any atom is -0.391 e. The van der Waals surface area contributed by atoms with Crippen molar-refractivity contribution in [3.8, 4) is 0 Å². The minimum atomic E-state index is -0.393. The third-order valence-corrected chi connectivity index (χ3v) is 2.93. The molecule has 2 atom stereocenters. The molecule has 0 amide bonds. The number of aromatic nitrogens is 3. The van der Waals surface area contributed by atoms with Crippen molar-refractivity contribution in [1.29, 1.82) is 0 Å². The van der Waals surface area contributed by atoms with Gasteiger partial charge in [0.15, 0.2) is 0 Å². The first-order valence-corrected chi connectivity index (χ1v) is 5.34. The fraction of sp³-hybridized carbons (Fsp3) is 0.778. The van der Waals surface area contributed by atoms with E-state index in [1.807, 2.05) is 0 Å². The first-order valence-electron chi connectivity index (χ1n) is 5.34. The summed E-state index contributed by atoms with van der Waals surface area (Å²) < 4.78 is 1.56. The van der Waals surface area contributed by atoms with Crippen LogP contribution in [0.3, 0.4) is 0 Å². The van der Waals surface area contributed by atoms with Crippen LogP contribution in [-0.2, 0) is 0 Å². The monoisotopic (exact) mass is 211 g/mol. The van der Waals surface area contributed by atoms with Gasteiger partial charge in [-0.1, -0.05) is 19.3 Å². The number of anilines is 2. The Morgan fingerprint density at radius 2 is 1.93 bits per heavy atom. The molecule has 0 spiro atoms. The van der Waals surface area contributed by atoms with E-state index in [1.165, 1.54) is 0 Å². The number of aliphatic hydroxyl groups excluding tert-OH is 1. The highest BCUT2D eigenvalue weighted by molar-refractivity contribution is 5.27. The first-order chi connectivity index (χ1) is 7.18. The van der Waals surface area contributed by atoms with Gasteiger partial charge in [-0.15, -0.1) is 5.10 Å².